The Labute approximate surface area is 110 Å². The standard InChI is InChI=1S/C13H17F2N3O/c1-18(9-2-3-9)13(16)17-6-7-19-10-4-5-11(14)12(15)8-10/h4-5,8-9H,2-3,6-7H2,1H3,(H2,16,17). The maximum atomic E-state index is 12.9. The summed E-state index contributed by atoms with van der Waals surface area (Å²) < 4.78 is 30.9. The van der Waals surface area contributed by atoms with Crippen molar-refractivity contribution in [2.45, 2.75) is 18.9 Å². The number of ether oxygens (including phenoxy) is 1. The Morgan fingerprint density at radius 1 is 1.42 bits per heavy atom. The van der Waals surface area contributed by atoms with E-state index in [1.54, 1.807) is 0 Å². The molecule has 0 aromatic heterocycles. The van der Waals surface area contributed by atoms with Crippen LogP contribution in [0.2, 0.25) is 0 Å². The third-order valence-corrected chi connectivity index (χ3v) is 2.98. The van der Waals surface area contributed by atoms with Gasteiger partial charge in [-0.2, -0.15) is 0 Å². The van der Waals surface area contributed by atoms with Crippen molar-refractivity contribution in [1.29, 1.82) is 0 Å². The Morgan fingerprint density at radius 3 is 2.79 bits per heavy atom. The summed E-state index contributed by atoms with van der Waals surface area (Å²) in [5, 5.41) is 0. The average Bonchev–Trinajstić information content (AvgIpc) is 3.22. The fraction of sp³-hybridized carbons (Fsp3) is 0.462. The van der Waals surface area contributed by atoms with E-state index >= 15 is 0 Å². The highest BCUT2D eigenvalue weighted by Gasteiger charge is 2.27. The average molecular weight is 269 g/mol. The molecule has 1 fully saturated rings. The van der Waals surface area contributed by atoms with Gasteiger partial charge in [0.1, 0.15) is 12.4 Å². The lowest BCUT2D eigenvalue weighted by Gasteiger charge is -2.16. The lowest BCUT2D eigenvalue weighted by Crippen LogP contribution is -2.36. The highest BCUT2D eigenvalue weighted by atomic mass is 19.2. The highest BCUT2D eigenvalue weighted by molar-refractivity contribution is 5.78. The first kappa shape index (κ1) is 13.6. The fourth-order valence-corrected chi connectivity index (χ4v) is 1.65. The van der Waals surface area contributed by atoms with Gasteiger partial charge in [-0.15, -0.1) is 0 Å². The van der Waals surface area contributed by atoms with Crippen LogP contribution in [0, 0.1) is 11.6 Å². The van der Waals surface area contributed by atoms with Crippen LogP contribution in [-0.4, -0.2) is 37.1 Å². The molecule has 0 amide bonds. The minimum Gasteiger partial charge on any atom is -0.492 e. The number of aliphatic imine (C=N–C) groups is 1. The molecule has 2 N–H and O–H groups in total. The summed E-state index contributed by atoms with van der Waals surface area (Å²) in [5.41, 5.74) is 5.79. The predicted molar refractivity (Wildman–Crippen MR) is 69.1 cm³/mol. The zero-order valence-electron chi connectivity index (χ0n) is 10.8. The molecule has 1 aliphatic carbocycles. The monoisotopic (exact) mass is 269 g/mol. The summed E-state index contributed by atoms with van der Waals surface area (Å²) >= 11 is 0. The van der Waals surface area contributed by atoms with E-state index in [1.165, 1.54) is 6.07 Å². The fourth-order valence-electron chi connectivity index (χ4n) is 1.65. The van der Waals surface area contributed by atoms with E-state index in [-0.39, 0.29) is 12.4 Å². The summed E-state index contributed by atoms with van der Waals surface area (Å²) in [6, 6.07) is 3.93. The van der Waals surface area contributed by atoms with Crippen molar-refractivity contribution >= 4 is 5.96 Å². The van der Waals surface area contributed by atoms with Crippen molar-refractivity contribution in [2.24, 2.45) is 10.7 Å². The van der Waals surface area contributed by atoms with Crippen molar-refractivity contribution < 1.29 is 13.5 Å². The van der Waals surface area contributed by atoms with E-state index in [4.69, 9.17) is 10.5 Å². The molecule has 0 aliphatic heterocycles. The molecule has 0 atom stereocenters. The van der Waals surface area contributed by atoms with E-state index in [1.807, 2.05) is 11.9 Å². The molecule has 1 saturated carbocycles. The number of rotatable bonds is 5. The maximum absolute atomic E-state index is 12.9. The van der Waals surface area contributed by atoms with Gasteiger partial charge in [-0.25, -0.2) is 13.8 Å². The number of nitrogens with two attached hydrogens (primary N) is 1. The van der Waals surface area contributed by atoms with Gasteiger partial charge in [0.25, 0.3) is 0 Å². The molecule has 1 aromatic carbocycles. The van der Waals surface area contributed by atoms with E-state index in [0.29, 0.717) is 18.5 Å². The third kappa shape index (κ3) is 3.81. The second kappa shape index (κ2) is 5.86. The molecule has 19 heavy (non-hydrogen) atoms. The number of halogens is 2. The molecule has 1 aliphatic rings. The number of hydrogen-bond donors (Lipinski definition) is 1. The van der Waals surface area contributed by atoms with Crippen molar-refractivity contribution in [3.8, 4) is 5.75 Å². The smallest absolute Gasteiger partial charge is 0.191 e. The molecule has 0 spiro atoms. The zero-order chi connectivity index (χ0) is 13.8. The van der Waals surface area contributed by atoms with E-state index < -0.39 is 11.6 Å². The van der Waals surface area contributed by atoms with Crippen molar-refractivity contribution in [3.05, 3.63) is 29.8 Å². The van der Waals surface area contributed by atoms with Crippen molar-refractivity contribution in [2.75, 3.05) is 20.2 Å². The molecule has 0 heterocycles. The molecule has 0 bridgehead atoms. The van der Waals surface area contributed by atoms with Crippen LogP contribution < -0.4 is 10.5 Å². The summed E-state index contributed by atoms with van der Waals surface area (Å²) in [6.07, 6.45) is 2.30. The van der Waals surface area contributed by atoms with E-state index in [9.17, 15) is 8.78 Å². The van der Waals surface area contributed by atoms with Crippen LogP contribution in [0.4, 0.5) is 8.78 Å². The number of nitrogens with zero attached hydrogens (tertiary/aromatic N) is 2. The largest absolute Gasteiger partial charge is 0.492 e. The summed E-state index contributed by atoms with van der Waals surface area (Å²) in [4.78, 5) is 6.11. The molecule has 6 heteroatoms. The summed E-state index contributed by atoms with van der Waals surface area (Å²) in [7, 11) is 1.91. The second-order valence-corrected chi connectivity index (χ2v) is 4.51. The quantitative estimate of drug-likeness (QED) is 0.503. The van der Waals surface area contributed by atoms with Gasteiger partial charge >= 0.3 is 0 Å². The van der Waals surface area contributed by atoms with E-state index in [0.717, 1.165) is 25.0 Å². The SMILES string of the molecule is CN(C(N)=NCCOc1ccc(F)c(F)c1)C1CC1. The van der Waals surface area contributed by atoms with Gasteiger partial charge < -0.3 is 15.4 Å². The molecular weight excluding hydrogens is 252 g/mol. The molecule has 0 saturated heterocycles. The van der Waals surface area contributed by atoms with Crippen molar-refractivity contribution in [1.82, 2.24) is 4.90 Å². The summed E-state index contributed by atoms with van der Waals surface area (Å²) in [6.45, 7) is 0.645. The molecule has 4 nitrogen and oxygen atoms in total. The lowest BCUT2D eigenvalue weighted by atomic mass is 10.3. The summed E-state index contributed by atoms with van der Waals surface area (Å²) in [5.74, 6) is -1.05. The Morgan fingerprint density at radius 2 is 2.16 bits per heavy atom. The molecule has 0 radical (unpaired) electrons. The van der Waals surface area contributed by atoms with Gasteiger partial charge in [-0.05, 0) is 25.0 Å². The Balaban J connectivity index is 1.76. The van der Waals surface area contributed by atoms with Crippen molar-refractivity contribution in [3.63, 3.8) is 0 Å². The number of benzene rings is 1. The van der Waals surface area contributed by atoms with Gasteiger partial charge in [0.15, 0.2) is 17.6 Å². The van der Waals surface area contributed by atoms with Crippen LogP contribution in [0.25, 0.3) is 0 Å². The lowest BCUT2D eigenvalue weighted by molar-refractivity contribution is 0.324. The van der Waals surface area contributed by atoms with Gasteiger partial charge in [0, 0.05) is 19.2 Å². The molecule has 0 unspecified atom stereocenters. The first-order valence-corrected chi connectivity index (χ1v) is 6.18. The van der Waals surface area contributed by atoms with Crippen LogP contribution in [0.15, 0.2) is 23.2 Å². The van der Waals surface area contributed by atoms with Crippen LogP contribution in [-0.2, 0) is 0 Å². The third-order valence-electron chi connectivity index (χ3n) is 2.98. The minimum absolute atomic E-state index is 0.268. The molecule has 104 valence electrons. The normalized spacial score (nSPS) is 15.4. The second-order valence-electron chi connectivity index (χ2n) is 4.51. The number of hydrogen-bond acceptors (Lipinski definition) is 2. The molecular formula is C13H17F2N3O. The van der Waals surface area contributed by atoms with Gasteiger partial charge in [-0.3, -0.25) is 0 Å². The van der Waals surface area contributed by atoms with Gasteiger partial charge in [0.2, 0.25) is 0 Å². The maximum Gasteiger partial charge on any atom is 0.191 e. The van der Waals surface area contributed by atoms with Crippen LogP contribution in [0.5, 0.6) is 5.75 Å². The first-order chi connectivity index (χ1) is 9.08. The van der Waals surface area contributed by atoms with Crippen LogP contribution >= 0.6 is 0 Å². The van der Waals surface area contributed by atoms with Gasteiger partial charge in [0.05, 0.1) is 6.54 Å². The van der Waals surface area contributed by atoms with Gasteiger partial charge in [-0.1, -0.05) is 0 Å². The Hall–Kier alpha value is -1.85. The zero-order valence-corrected chi connectivity index (χ0v) is 10.8. The Kier molecular flexibility index (Phi) is 4.19. The van der Waals surface area contributed by atoms with Crippen LogP contribution in [0.3, 0.4) is 0 Å². The predicted octanol–water partition coefficient (Wildman–Crippen LogP) is 1.75. The molecule has 1 aromatic rings. The van der Waals surface area contributed by atoms with E-state index in [2.05, 4.69) is 4.99 Å². The highest BCUT2D eigenvalue weighted by Crippen LogP contribution is 2.24. The Bertz CT molecular complexity index is 475. The first-order valence-electron chi connectivity index (χ1n) is 6.18. The minimum atomic E-state index is -0.922. The number of guanidine groups is 1. The van der Waals surface area contributed by atoms with Crippen LogP contribution in [0.1, 0.15) is 12.8 Å². The molecule has 2 rings (SSSR count). The topological polar surface area (TPSA) is 50.8 Å².